The molecular weight excluding hydrogens is 278 g/mol. The summed E-state index contributed by atoms with van der Waals surface area (Å²) in [6, 6.07) is 0. The van der Waals surface area contributed by atoms with Crippen LogP contribution in [0.1, 0.15) is 67.3 Å². The number of nitrogens with zero attached hydrogens (tertiary/aromatic N) is 1. The smallest absolute Gasteiger partial charge is 0.151 e. The zero-order valence-electron chi connectivity index (χ0n) is 13.9. The topological polar surface area (TPSA) is 20.3 Å². The Morgan fingerprint density at radius 3 is 2.52 bits per heavy atom. The van der Waals surface area contributed by atoms with Crippen LogP contribution in [0.15, 0.2) is 11.5 Å². The normalized spacial score (nSPS) is 12.1. The molecule has 0 unspecified atom stereocenters. The lowest BCUT2D eigenvalue weighted by atomic mass is 10.1. The minimum absolute atomic E-state index is 0.836. The van der Waals surface area contributed by atoms with Crippen LogP contribution in [-0.2, 0) is 0 Å². The van der Waals surface area contributed by atoms with Gasteiger partial charge in [-0.25, -0.2) is 0 Å². The zero-order chi connectivity index (χ0) is 15.7. The van der Waals surface area contributed by atoms with Crippen molar-refractivity contribution < 1.29 is 4.79 Å². The Bertz CT molecular complexity index is 462. The second kappa shape index (κ2) is 9.91. The second-order valence-corrected chi connectivity index (χ2v) is 6.44. The molecule has 1 aromatic heterocycles. The SMILES string of the molecule is C/C=C(/CN(CCC)CCCCC)c1scc(C=O)c1C. The predicted octanol–water partition coefficient (Wildman–Crippen LogP) is 5.17. The van der Waals surface area contributed by atoms with Gasteiger partial charge in [-0.05, 0) is 50.9 Å². The number of carbonyl (C=O) groups excluding carboxylic acids is 1. The molecule has 3 heteroatoms. The number of rotatable bonds is 10. The fraction of sp³-hybridized carbons (Fsp3) is 0.611. The minimum atomic E-state index is 0.836. The van der Waals surface area contributed by atoms with Crippen LogP contribution in [0.2, 0.25) is 0 Å². The monoisotopic (exact) mass is 307 g/mol. The molecule has 0 fully saturated rings. The van der Waals surface area contributed by atoms with Gasteiger partial charge in [0.2, 0.25) is 0 Å². The number of aldehydes is 1. The molecular formula is C18H29NOS. The van der Waals surface area contributed by atoms with Gasteiger partial charge >= 0.3 is 0 Å². The number of hydrogen-bond acceptors (Lipinski definition) is 3. The fourth-order valence-corrected chi connectivity index (χ4v) is 3.68. The van der Waals surface area contributed by atoms with Crippen molar-refractivity contribution in [1.82, 2.24) is 4.90 Å². The highest BCUT2D eigenvalue weighted by Crippen LogP contribution is 2.28. The Balaban J connectivity index is 2.78. The molecule has 0 bridgehead atoms. The molecule has 0 atom stereocenters. The maximum atomic E-state index is 11.0. The van der Waals surface area contributed by atoms with E-state index in [0.717, 1.165) is 30.5 Å². The van der Waals surface area contributed by atoms with E-state index in [-0.39, 0.29) is 0 Å². The first kappa shape index (κ1) is 18.1. The maximum Gasteiger partial charge on any atom is 0.151 e. The molecule has 0 aliphatic carbocycles. The third-order valence-corrected chi connectivity index (χ3v) is 5.03. The first-order chi connectivity index (χ1) is 10.2. The summed E-state index contributed by atoms with van der Waals surface area (Å²) >= 11 is 1.70. The highest BCUT2D eigenvalue weighted by atomic mass is 32.1. The molecule has 2 nitrogen and oxygen atoms in total. The minimum Gasteiger partial charge on any atom is -0.299 e. The average Bonchev–Trinajstić information content (AvgIpc) is 2.85. The lowest BCUT2D eigenvalue weighted by molar-refractivity contribution is 0.112. The van der Waals surface area contributed by atoms with Gasteiger partial charge in [0, 0.05) is 22.4 Å². The quantitative estimate of drug-likeness (QED) is 0.439. The molecule has 0 aliphatic heterocycles. The van der Waals surface area contributed by atoms with Gasteiger partial charge < -0.3 is 0 Å². The Morgan fingerprint density at radius 2 is 2.00 bits per heavy atom. The highest BCUT2D eigenvalue weighted by molar-refractivity contribution is 7.11. The van der Waals surface area contributed by atoms with Gasteiger partial charge in [-0.1, -0.05) is 32.8 Å². The van der Waals surface area contributed by atoms with Crippen LogP contribution in [-0.4, -0.2) is 30.8 Å². The fourth-order valence-electron chi connectivity index (χ4n) is 2.57. The van der Waals surface area contributed by atoms with Crippen LogP contribution in [0.25, 0.3) is 5.57 Å². The summed E-state index contributed by atoms with van der Waals surface area (Å²) < 4.78 is 0. The second-order valence-electron chi connectivity index (χ2n) is 5.56. The van der Waals surface area contributed by atoms with E-state index in [2.05, 4.69) is 38.7 Å². The van der Waals surface area contributed by atoms with Crippen molar-refractivity contribution in [2.45, 2.75) is 53.4 Å². The van der Waals surface area contributed by atoms with Crippen molar-refractivity contribution in [1.29, 1.82) is 0 Å². The molecule has 0 aromatic carbocycles. The molecule has 1 heterocycles. The molecule has 0 saturated carbocycles. The van der Waals surface area contributed by atoms with Crippen molar-refractivity contribution in [3.63, 3.8) is 0 Å². The van der Waals surface area contributed by atoms with E-state index in [4.69, 9.17) is 0 Å². The number of unbranched alkanes of at least 4 members (excludes halogenated alkanes) is 2. The third-order valence-electron chi connectivity index (χ3n) is 3.86. The van der Waals surface area contributed by atoms with E-state index in [1.807, 2.05) is 5.38 Å². The van der Waals surface area contributed by atoms with Crippen molar-refractivity contribution in [2.24, 2.45) is 0 Å². The van der Waals surface area contributed by atoms with Gasteiger partial charge in [0.05, 0.1) is 0 Å². The predicted molar refractivity (Wildman–Crippen MR) is 94.4 cm³/mol. The third kappa shape index (κ3) is 5.40. The highest BCUT2D eigenvalue weighted by Gasteiger charge is 2.14. The lowest BCUT2D eigenvalue weighted by Gasteiger charge is -2.23. The summed E-state index contributed by atoms with van der Waals surface area (Å²) in [7, 11) is 0. The van der Waals surface area contributed by atoms with Gasteiger partial charge in [0.15, 0.2) is 6.29 Å². The summed E-state index contributed by atoms with van der Waals surface area (Å²) in [6.45, 7) is 12.0. The molecule has 0 amide bonds. The number of allylic oxidation sites excluding steroid dienone is 1. The Kier molecular flexibility index (Phi) is 8.55. The average molecular weight is 308 g/mol. The van der Waals surface area contributed by atoms with Crippen molar-refractivity contribution >= 4 is 23.2 Å². The first-order valence-electron chi connectivity index (χ1n) is 8.09. The van der Waals surface area contributed by atoms with Crippen molar-refractivity contribution in [3.05, 3.63) is 27.5 Å². The Morgan fingerprint density at radius 1 is 1.24 bits per heavy atom. The van der Waals surface area contributed by atoms with Gasteiger partial charge in [0.25, 0.3) is 0 Å². The molecule has 0 radical (unpaired) electrons. The molecule has 0 saturated heterocycles. The Labute approximate surface area is 133 Å². The van der Waals surface area contributed by atoms with E-state index in [0.29, 0.717) is 0 Å². The summed E-state index contributed by atoms with van der Waals surface area (Å²) in [4.78, 5) is 14.8. The van der Waals surface area contributed by atoms with Crippen LogP contribution in [0.5, 0.6) is 0 Å². The molecule has 0 spiro atoms. The number of hydrogen-bond donors (Lipinski definition) is 0. The Hall–Kier alpha value is -0.930. The van der Waals surface area contributed by atoms with Crippen molar-refractivity contribution in [3.8, 4) is 0 Å². The summed E-state index contributed by atoms with van der Waals surface area (Å²) in [5.41, 5.74) is 3.33. The van der Waals surface area contributed by atoms with Crippen molar-refractivity contribution in [2.75, 3.05) is 19.6 Å². The first-order valence-corrected chi connectivity index (χ1v) is 8.97. The largest absolute Gasteiger partial charge is 0.299 e. The number of thiophene rings is 1. The maximum absolute atomic E-state index is 11.0. The summed E-state index contributed by atoms with van der Waals surface area (Å²) in [5.74, 6) is 0. The molecule has 0 aliphatic rings. The standard InChI is InChI=1S/C18H29NOS/c1-5-8-9-11-19(10-6-2)12-16(7-3)18-15(4)17(13-20)14-21-18/h7,13-14H,5-6,8-12H2,1-4H3/b16-7-. The summed E-state index contributed by atoms with van der Waals surface area (Å²) in [5, 5.41) is 1.97. The molecule has 1 rings (SSSR count). The van der Waals surface area contributed by atoms with Crippen LogP contribution in [0.3, 0.4) is 0 Å². The number of carbonyl (C=O) groups is 1. The van der Waals surface area contributed by atoms with E-state index in [1.54, 1.807) is 11.3 Å². The van der Waals surface area contributed by atoms with Crippen LogP contribution in [0, 0.1) is 6.92 Å². The van der Waals surface area contributed by atoms with Gasteiger partial charge in [-0.15, -0.1) is 11.3 Å². The molecule has 1 aromatic rings. The molecule has 21 heavy (non-hydrogen) atoms. The lowest BCUT2D eigenvalue weighted by Crippen LogP contribution is -2.27. The van der Waals surface area contributed by atoms with E-state index in [1.165, 1.54) is 42.7 Å². The molecule has 118 valence electrons. The van der Waals surface area contributed by atoms with E-state index in [9.17, 15) is 4.79 Å². The summed E-state index contributed by atoms with van der Waals surface area (Å²) in [6.07, 6.45) is 8.20. The molecule has 0 N–H and O–H groups in total. The van der Waals surface area contributed by atoms with E-state index >= 15 is 0 Å². The van der Waals surface area contributed by atoms with Crippen LogP contribution in [0.4, 0.5) is 0 Å². The van der Waals surface area contributed by atoms with Gasteiger partial charge in [-0.2, -0.15) is 0 Å². The van der Waals surface area contributed by atoms with Crippen LogP contribution < -0.4 is 0 Å². The van der Waals surface area contributed by atoms with Crippen LogP contribution >= 0.6 is 11.3 Å². The van der Waals surface area contributed by atoms with Gasteiger partial charge in [-0.3, -0.25) is 9.69 Å². The van der Waals surface area contributed by atoms with E-state index < -0.39 is 0 Å². The zero-order valence-corrected chi connectivity index (χ0v) is 14.8. The van der Waals surface area contributed by atoms with Gasteiger partial charge in [0.1, 0.15) is 0 Å².